The average Bonchev–Trinajstić information content (AvgIpc) is 3.37. The molecule has 0 fully saturated rings. The van der Waals surface area contributed by atoms with Gasteiger partial charge in [0.15, 0.2) is 5.82 Å². The lowest BCUT2D eigenvalue weighted by Gasteiger charge is -2.29. The van der Waals surface area contributed by atoms with E-state index in [1.807, 2.05) is 42.7 Å². The predicted molar refractivity (Wildman–Crippen MR) is 144 cm³/mol. The average molecular weight is 526 g/mol. The molecule has 0 spiro atoms. The number of imidazole rings is 1. The van der Waals surface area contributed by atoms with Crippen LogP contribution in [0.1, 0.15) is 56.2 Å². The lowest BCUT2D eigenvalue weighted by Crippen LogP contribution is -2.48. The van der Waals surface area contributed by atoms with Crippen LogP contribution in [0.2, 0.25) is 0 Å². The number of rotatable bonds is 12. The Labute approximate surface area is 222 Å². The van der Waals surface area contributed by atoms with Crippen LogP contribution in [0.3, 0.4) is 0 Å². The number of amides is 1. The van der Waals surface area contributed by atoms with Crippen LogP contribution in [0.15, 0.2) is 48.9 Å². The van der Waals surface area contributed by atoms with Crippen molar-refractivity contribution in [1.82, 2.24) is 20.2 Å². The van der Waals surface area contributed by atoms with Gasteiger partial charge in [0.1, 0.15) is 18.0 Å². The van der Waals surface area contributed by atoms with Crippen molar-refractivity contribution in [3.05, 3.63) is 77.2 Å². The molecule has 7 nitrogen and oxygen atoms in total. The number of aliphatic hydroxyl groups excluding tert-OH is 1. The number of benzene rings is 2. The molecule has 204 valence electrons. The van der Waals surface area contributed by atoms with Gasteiger partial charge in [-0.25, -0.2) is 13.8 Å². The van der Waals surface area contributed by atoms with Crippen molar-refractivity contribution < 1.29 is 18.7 Å². The van der Waals surface area contributed by atoms with Gasteiger partial charge in [-0.1, -0.05) is 38.5 Å². The van der Waals surface area contributed by atoms with E-state index in [2.05, 4.69) is 20.9 Å². The number of halogens is 2. The number of aromatic nitrogens is 2. The zero-order valence-electron chi connectivity index (χ0n) is 22.0. The third-order valence-electron chi connectivity index (χ3n) is 7.07. The SMILES string of the molecule is CCCC(NC1CCc2cc(F)cc(F)c2C1)C(=O)Nc1cn(-c2ccccc2CNC[C@@H](O)CC)cn1. The van der Waals surface area contributed by atoms with Crippen molar-refractivity contribution >= 4 is 11.7 Å². The summed E-state index contributed by atoms with van der Waals surface area (Å²) in [5, 5.41) is 19.4. The van der Waals surface area contributed by atoms with Gasteiger partial charge in [0.25, 0.3) is 0 Å². The molecule has 2 unspecified atom stereocenters. The zero-order chi connectivity index (χ0) is 27.1. The Morgan fingerprint density at radius 3 is 2.84 bits per heavy atom. The summed E-state index contributed by atoms with van der Waals surface area (Å²) >= 11 is 0. The molecule has 1 aliphatic rings. The molecule has 1 amide bonds. The summed E-state index contributed by atoms with van der Waals surface area (Å²) in [6.07, 6.45) is 6.87. The van der Waals surface area contributed by atoms with Gasteiger partial charge in [-0.2, -0.15) is 0 Å². The summed E-state index contributed by atoms with van der Waals surface area (Å²) in [5.74, 6) is -0.821. The van der Waals surface area contributed by atoms with Gasteiger partial charge in [-0.05, 0) is 60.9 Å². The van der Waals surface area contributed by atoms with Gasteiger partial charge in [-0.3, -0.25) is 4.79 Å². The first kappa shape index (κ1) is 27.9. The lowest BCUT2D eigenvalue weighted by molar-refractivity contribution is -0.118. The summed E-state index contributed by atoms with van der Waals surface area (Å²) in [7, 11) is 0. The molecule has 0 aliphatic heterocycles. The molecular formula is C29H37F2N5O2. The quantitative estimate of drug-likeness (QED) is 0.284. The van der Waals surface area contributed by atoms with E-state index < -0.39 is 17.7 Å². The van der Waals surface area contributed by atoms with Crippen LogP contribution >= 0.6 is 0 Å². The summed E-state index contributed by atoms with van der Waals surface area (Å²) < 4.78 is 29.8. The second-order valence-corrected chi connectivity index (χ2v) is 9.95. The molecule has 2 aromatic carbocycles. The van der Waals surface area contributed by atoms with E-state index in [9.17, 15) is 18.7 Å². The van der Waals surface area contributed by atoms with Crippen molar-refractivity contribution in [2.75, 3.05) is 11.9 Å². The Morgan fingerprint density at radius 1 is 1.24 bits per heavy atom. The Morgan fingerprint density at radius 2 is 2.05 bits per heavy atom. The number of fused-ring (bicyclic) bond motifs is 1. The molecule has 3 aromatic rings. The Balaban J connectivity index is 1.40. The first-order valence-electron chi connectivity index (χ1n) is 13.4. The summed E-state index contributed by atoms with van der Waals surface area (Å²) in [4.78, 5) is 17.6. The van der Waals surface area contributed by atoms with E-state index in [0.29, 0.717) is 62.1 Å². The standard InChI is InChI=1S/C29H37F2N5O2/c1-3-7-26(34-22-11-10-19-12-21(30)13-25(31)24(19)14-22)29(38)35-28-17-36(18-33-28)27-9-6-5-8-20(27)15-32-16-23(37)4-2/h5-6,8-9,12-13,17-18,22-23,26,32,34,37H,3-4,7,10-11,14-16H2,1-2H3,(H,35,38)/t22?,23-,26?/m0/s1. The molecule has 38 heavy (non-hydrogen) atoms. The Hall–Kier alpha value is -3.14. The molecule has 0 saturated carbocycles. The van der Waals surface area contributed by atoms with Crippen molar-refractivity contribution in [2.45, 2.75) is 77.1 Å². The molecule has 4 rings (SSSR count). The maximum absolute atomic E-state index is 14.4. The first-order valence-corrected chi connectivity index (χ1v) is 13.4. The number of carbonyl (C=O) groups excluding carboxylic acids is 1. The number of carbonyl (C=O) groups is 1. The molecule has 4 N–H and O–H groups in total. The number of aliphatic hydroxyl groups is 1. The van der Waals surface area contributed by atoms with Crippen LogP contribution < -0.4 is 16.0 Å². The molecule has 0 bridgehead atoms. The third kappa shape index (κ3) is 7.03. The van der Waals surface area contributed by atoms with Gasteiger partial charge in [-0.15, -0.1) is 0 Å². The lowest BCUT2D eigenvalue weighted by atomic mass is 9.87. The molecule has 1 aromatic heterocycles. The maximum Gasteiger partial charge on any atom is 0.242 e. The molecule has 0 saturated heterocycles. The minimum atomic E-state index is -0.551. The molecule has 1 aliphatic carbocycles. The molecule has 1 heterocycles. The smallest absolute Gasteiger partial charge is 0.242 e. The minimum Gasteiger partial charge on any atom is -0.392 e. The van der Waals surface area contributed by atoms with Gasteiger partial charge >= 0.3 is 0 Å². The Kier molecular flexibility index (Phi) is 9.60. The highest BCUT2D eigenvalue weighted by Gasteiger charge is 2.27. The normalized spacial score (nSPS) is 16.6. The van der Waals surface area contributed by atoms with Gasteiger partial charge in [0.2, 0.25) is 5.91 Å². The number of hydrogen-bond acceptors (Lipinski definition) is 5. The molecular weight excluding hydrogens is 488 g/mol. The fourth-order valence-electron chi connectivity index (χ4n) is 4.95. The highest BCUT2D eigenvalue weighted by atomic mass is 19.1. The first-order chi connectivity index (χ1) is 18.4. The van der Waals surface area contributed by atoms with E-state index in [0.717, 1.165) is 23.7 Å². The van der Waals surface area contributed by atoms with Gasteiger partial charge in [0.05, 0.1) is 24.0 Å². The molecule has 9 heteroatoms. The zero-order valence-corrected chi connectivity index (χ0v) is 22.0. The fourth-order valence-corrected chi connectivity index (χ4v) is 4.95. The summed E-state index contributed by atoms with van der Waals surface area (Å²) in [5.41, 5.74) is 3.21. The number of nitrogens with one attached hydrogen (secondary N) is 3. The van der Waals surface area contributed by atoms with Crippen LogP contribution in [-0.2, 0) is 24.2 Å². The van der Waals surface area contributed by atoms with Crippen LogP contribution in [0.4, 0.5) is 14.6 Å². The van der Waals surface area contributed by atoms with E-state index in [1.54, 1.807) is 12.5 Å². The second kappa shape index (κ2) is 13.1. The van der Waals surface area contributed by atoms with E-state index in [4.69, 9.17) is 0 Å². The van der Waals surface area contributed by atoms with Crippen LogP contribution in [-0.4, -0.2) is 45.3 Å². The minimum absolute atomic E-state index is 0.0760. The van der Waals surface area contributed by atoms with E-state index >= 15 is 0 Å². The summed E-state index contributed by atoms with van der Waals surface area (Å²) in [6.45, 7) is 5.06. The fraction of sp³-hybridized carbons (Fsp3) is 0.448. The van der Waals surface area contributed by atoms with Crippen LogP contribution in [0.25, 0.3) is 5.69 Å². The van der Waals surface area contributed by atoms with Crippen LogP contribution in [0.5, 0.6) is 0 Å². The van der Waals surface area contributed by atoms with Crippen molar-refractivity contribution in [3.63, 3.8) is 0 Å². The van der Waals surface area contributed by atoms with Gasteiger partial charge < -0.3 is 25.6 Å². The number of hydrogen-bond donors (Lipinski definition) is 4. The highest BCUT2D eigenvalue weighted by Crippen LogP contribution is 2.26. The van der Waals surface area contributed by atoms with E-state index in [1.165, 1.54) is 6.07 Å². The van der Waals surface area contributed by atoms with Crippen LogP contribution in [0, 0.1) is 11.6 Å². The monoisotopic (exact) mass is 525 g/mol. The van der Waals surface area contributed by atoms with Crippen molar-refractivity contribution in [1.29, 1.82) is 0 Å². The number of para-hydroxylation sites is 1. The number of anilines is 1. The Bertz CT molecular complexity index is 1230. The highest BCUT2D eigenvalue weighted by molar-refractivity contribution is 5.94. The number of aryl methyl sites for hydroxylation is 1. The number of nitrogens with zero attached hydrogens (tertiary/aromatic N) is 2. The van der Waals surface area contributed by atoms with Crippen molar-refractivity contribution in [2.24, 2.45) is 0 Å². The maximum atomic E-state index is 14.4. The molecule has 0 radical (unpaired) electrons. The topological polar surface area (TPSA) is 91.2 Å². The van der Waals surface area contributed by atoms with Crippen molar-refractivity contribution in [3.8, 4) is 5.69 Å². The predicted octanol–water partition coefficient (Wildman–Crippen LogP) is 4.27. The third-order valence-corrected chi connectivity index (χ3v) is 7.07. The summed E-state index contributed by atoms with van der Waals surface area (Å²) in [6, 6.07) is 9.70. The second-order valence-electron chi connectivity index (χ2n) is 9.95. The van der Waals surface area contributed by atoms with Gasteiger partial charge in [0, 0.05) is 25.2 Å². The molecule has 3 atom stereocenters. The van der Waals surface area contributed by atoms with E-state index in [-0.39, 0.29) is 18.1 Å². The largest absolute Gasteiger partial charge is 0.392 e.